The zero-order valence-electron chi connectivity index (χ0n) is 14.3. The lowest BCUT2D eigenvalue weighted by Crippen LogP contribution is -2.26. The van der Waals surface area contributed by atoms with Crippen molar-refractivity contribution in [3.05, 3.63) is 55.0 Å². The third-order valence-corrected chi connectivity index (χ3v) is 4.96. The number of fused-ring (bicyclic) bond motifs is 2. The van der Waals surface area contributed by atoms with E-state index in [2.05, 4.69) is 45.3 Å². The van der Waals surface area contributed by atoms with Gasteiger partial charge in [-0.3, -0.25) is 0 Å². The fraction of sp³-hybridized carbons (Fsp3) is 0.238. The van der Waals surface area contributed by atoms with Gasteiger partial charge in [0.25, 0.3) is 0 Å². The maximum atomic E-state index is 6.22. The minimum Gasteiger partial charge on any atom is -0.474 e. The molecule has 1 N–H and O–H groups in total. The van der Waals surface area contributed by atoms with Crippen LogP contribution >= 0.6 is 0 Å². The van der Waals surface area contributed by atoms with Gasteiger partial charge in [0.15, 0.2) is 0 Å². The number of nitrogens with one attached hydrogen (secondary N) is 1. The smallest absolute Gasteiger partial charge is 0.221 e. The van der Waals surface area contributed by atoms with Gasteiger partial charge < -0.3 is 14.5 Å². The second kappa shape index (κ2) is 6.42. The molecule has 5 heteroatoms. The second-order valence-electron chi connectivity index (χ2n) is 6.55. The average molecular weight is 345 g/mol. The second-order valence-corrected chi connectivity index (χ2v) is 6.55. The number of nitrogens with zero attached hydrogens (tertiary/aromatic N) is 2. The highest BCUT2D eigenvalue weighted by atomic mass is 16.5. The number of rotatable bonds is 3. The molecule has 0 radical (unpaired) electrons. The number of hydrogen-bond donors (Lipinski definition) is 1. The molecule has 4 heterocycles. The summed E-state index contributed by atoms with van der Waals surface area (Å²) in [7, 11) is 0. The highest BCUT2D eigenvalue weighted by Crippen LogP contribution is 2.36. The predicted octanol–water partition coefficient (Wildman–Crippen LogP) is 4.34. The lowest BCUT2D eigenvalue weighted by atomic mass is 9.99. The van der Waals surface area contributed by atoms with Gasteiger partial charge >= 0.3 is 0 Å². The number of H-pyrrole nitrogens is 1. The molecule has 26 heavy (non-hydrogen) atoms. The predicted molar refractivity (Wildman–Crippen MR) is 101 cm³/mol. The van der Waals surface area contributed by atoms with Crippen molar-refractivity contribution in [1.82, 2.24) is 15.0 Å². The average Bonchev–Trinajstić information content (AvgIpc) is 3.13. The molecule has 1 fully saturated rings. The molecule has 1 aliphatic rings. The Labute approximate surface area is 151 Å². The normalized spacial score (nSPS) is 15.5. The van der Waals surface area contributed by atoms with E-state index in [9.17, 15) is 0 Å². The Bertz CT molecular complexity index is 1070. The molecule has 0 bridgehead atoms. The first-order valence-corrected chi connectivity index (χ1v) is 8.95. The van der Waals surface area contributed by atoms with Crippen molar-refractivity contribution in [1.29, 1.82) is 0 Å². The van der Waals surface area contributed by atoms with Crippen LogP contribution in [0.25, 0.3) is 32.9 Å². The first kappa shape index (κ1) is 15.3. The van der Waals surface area contributed by atoms with Gasteiger partial charge in [-0.2, -0.15) is 0 Å². The van der Waals surface area contributed by atoms with Gasteiger partial charge in [-0.1, -0.05) is 12.1 Å². The molecule has 1 aromatic carbocycles. The van der Waals surface area contributed by atoms with Crippen LogP contribution in [0.1, 0.15) is 12.8 Å². The van der Waals surface area contributed by atoms with Gasteiger partial charge in [-0.05, 0) is 35.2 Å². The van der Waals surface area contributed by atoms with Crippen LogP contribution in [-0.4, -0.2) is 34.3 Å². The van der Waals surface area contributed by atoms with E-state index >= 15 is 0 Å². The van der Waals surface area contributed by atoms with Gasteiger partial charge in [0.1, 0.15) is 11.8 Å². The molecule has 0 amide bonds. The van der Waals surface area contributed by atoms with Crippen LogP contribution in [0.4, 0.5) is 0 Å². The minimum atomic E-state index is 0.169. The van der Waals surface area contributed by atoms with E-state index in [-0.39, 0.29) is 6.10 Å². The molecule has 5 rings (SSSR count). The summed E-state index contributed by atoms with van der Waals surface area (Å²) in [4.78, 5) is 12.2. The highest BCUT2D eigenvalue weighted by Gasteiger charge is 2.18. The number of pyridine rings is 2. The van der Waals surface area contributed by atoms with Crippen molar-refractivity contribution in [2.45, 2.75) is 18.9 Å². The van der Waals surface area contributed by atoms with E-state index in [1.807, 2.05) is 18.5 Å². The molecule has 0 aliphatic carbocycles. The molecule has 130 valence electrons. The van der Waals surface area contributed by atoms with Crippen molar-refractivity contribution >= 4 is 21.8 Å². The van der Waals surface area contributed by atoms with Crippen LogP contribution in [-0.2, 0) is 4.74 Å². The Morgan fingerprint density at radius 1 is 0.885 bits per heavy atom. The van der Waals surface area contributed by atoms with Crippen LogP contribution in [0.5, 0.6) is 5.88 Å². The highest BCUT2D eigenvalue weighted by molar-refractivity contribution is 6.05. The van der Waals surface area contributed by atoms with Crippen molar-refractivity contribution in [3.8, 4) is 17.0 Å². The molecule has 5 nitrogen and oxygen atoms in total. The fourth-order valence-corrected chi connectivity index (χ4v) is 3.64. The third kappa shape index (κ3) is 2.61. The Morgan fingerprint density at radius 3 is 2.69 bits per heavy atom. The van der Waals surface area contributed by atoms with Crippen LogP contribution < -0.4 is 4.74 Å². The molecule has 1 aliphatic heterocycles. The van der Waals surface area contributed by atoms with E-state index in [0.29, 0.717) is 5.88 Å². The van der Waals surface area contributed by atoms with E-state index in [1.165, 1.54) is 0 Å². The molecule has 0 atom stereocenters. The summed E-state index contributed by atoms with van der Waals surface area (Å²) in [6, 6.07) is 12.4. The van der Waals surface area contributed by atoms with Crippen LogP contribution in [0, 0.1) is 0 Å². The summed E-state index contributed by atoms with van der Waals surface area (Å²) in [5.41, 5.74) is 3.19. The van der Waals surface area contributed by atoms with Crippen LogP contribution in [0.3, 0.4) is 0 Å². The summed E-state index contributed by atoms with van der Waals surface area (Å²) in [6.07, 6.45) is 7.63. The first-order chi connectivity index (χ1) is 12.9. The molecule has 0 unspecified atom stereocenters. The first-order valence-electron chi connectivity index (χ1n) is 8.95. The molecule has 3 aromatic heterocycles. The Balaban J connectivity index is 1.62. The molecular formula is C21H19N3O2. The van der Waals surface area contributed by atoms with Gasteiger partial charge in [-0.15, -0.1) is 0 Å². The molecule has 1 saturated heterocycles. The van der Waals surface area contributed by atoms with Crippen LogP contribution in [0.15, 0.2) is 55.0 Å². The summed E-state index contributed by atoms with van der Waals surface area (Å²) in [6.45, 7) is 1.51. The standard InChI is InChI=1S/C21H19N3O2/c1-3-15(19-13-24-20-17(19)5-2-9-22-20)16-6-10-23-21(18(16)4-1)26-14-7-11-25-12-8-14/h1-6,9-10,13-14H,7-8,11-12H2,(H,22,24). The summed E-state index contributed by atoms with van der Waals surface area (Å²) in [5.74, 6) is 0.703. The fourth-order valence-electron chi connectivity index (χ4n) is 3.64. The molecule has 0 spiro atoms. The molecular weight excluding hydrogens is 326 g/mol. The quantitative estimate of drug-likeness (QED) is 0.600. The monoisotopic (exact) mass is 345 g/mol. The topological polar surface area (TPSA) is 60.0 Å². The number of aromatic amines is 1. The van der Waals surface area contributed by atoms with Gasteiger partial charge in [0.05, 0.1) is 13.2 Å². The largest absolute Gasteiger partial charge is 0.474 e. The van der Waals surface area contributed by atoms with Gasteiger partial charge in [0.2, 0.25) is 5.88 Å². The van der Waals surface area contributed by atoms with Gasteiger partial charge in [-0.25, -0.2) is 9.97 Å². The number of hydrogen-bond acceptors (Lipinski definition) is 4. The SMILES string of the molecule is c1cnc2[nH]cc(-c3cccc4c(OC5CCOCC5)nccc34)c2c1. The van der Waals surface area contributed by atoms with Gasteiger partial charge in [0, 0.05) is 47.8 Å². The number of aromatic nitrogens is 3. The van der Waals surface area contributed by atoms with Crippen molar-refractivity contribution in [2.75, 3.05) is 13.2 Å². The Hall–Kier alpha value is -2.92. The third-order valence-electron chi connectivity index (χ3n) is 4.96. The zero-order chi connectivity index (χ0) is 17.3. The summed E-state index contributed by atoms with van der Waals surface area (Å²) in [5, 5.41) is 3.28. The Morgan fingerprint density at radius 2 is 1.77 bits per heavy atom. The lowest BCUT2D eigenvalue weighted by molar-refractivity contribution is 0.0244. The van der Waals surface area contributed by atoms with E-state index < -0.39 is 0 Å². The summed E-state index contributed by atoms with van der Waals surface area (Å²) >= 11 is 0. The summed E-state index contributed by atoms with van der Waals surface area (Å²) < 4.78 is 11.6. The van der Waals surface area contributed by atoms with E-state index in [4.69, 9.17) is 9.47 Å². The molecule has 4 aromatic rings. The van der Waals surface area contributed by atoms with Crippen molar-refractivity contribution < 1.29 is 9.47 Å². The Kier molecular flexibility index (Phi) is 3.79. The van der Waals surface area contributed by atoms with E-state index in [0.717, 1.165) is 59.0 Å². The van der Waals surface area contributed by atoms with E-state index in [1.54, 1.807) is 6.20 Å². The zero-order valence-corrected chi connectivity index (χ0v) is 14.3. The van der Waals surface area contributed by atoms with Crippen LogP contribution in [0.2, 0.25) is 0 Å². The minimum absolute atomic E-state index is 0.169. The lowest BCUT2D eigenvalue weighted by Gasteiger charge is -2.23. The maximum Gasteiger partial charge on any atom is 0.221 e. The van der Waals surface area contributed by atoms with Crippen molar-refractivity contribution in [2.24, 2.45) is 0 Å². The number of benzene rings is 1. The molecule has 0 saturated carbocycles. The number of ether oxygens (including phenoxy) is 2. The van der Waals surface area contributed by atoms with Crippen molar-refractivity contribution in [3.63, 3.8) is 0 Å². The maximum absolute atomic E-state index is 6.22.